The maximum absolute atomic E-state index is 11.7. The van der Waals surface area contributed by atoms with E-state index in [1.165, 1.54) is 16.7 Å². The summed E-state index contributed by atoms with van der Waals surface area (Å²) in [4.78, 5) is 14.9. The number of rotatable bonds is 3. The van der Waals surface area contributed by atoms with Gasteiger partial charge in [0.05, 0.1) is 11.6 Å². The summed E-state index contributed by atoms with van der Waals surface area (Å²) >= 11 is 1.31. The van der Waals surface area contributed by atoms with Crippen molar-refractivity contribution in [3.63, 3.8) is 0 Å². The largest absolute Gasteiger partial charge is 0.345 e. The molecule has 1 aromatic heterocycles. The SMILES string of the molecule is Cc1nc(C(=O)NCC(F)F)cs1. The second kappa shape index (κ2) is 4.27. The number of carbonyl (C=O) groups excluding carboxylic acids is 1. The number of halogens is 2. The average molecular weight is 206 g/mol. The lowest BCUT2D eigenvalue weighted by Crippen LogP contribution is -2.28. The standard InChI is InChI=1S/C7H8F2N2OS/c1-4-11-5(3-13-4)7(12)10-2-6(8)9/h3,6H,2H2,1H3,(H,10,12). The Labute approximate surface area is 77.8 Å². The summed E-state index contributed by atoms with van der Waals surface area (Å²) in [5.74, 6) is -0.551. The number of hydrogen-bond acceptors (Lipinski definition) is 3. The van der Waals surface area contributed by atoms with Crippen molar-refractivity contribution in [3.05, 3.63) is 16.1 Å². The van der Waals surface area contributed by atoms with Crippen LogP contribution in [0.4, 0.5) is 8.78 Å². The van der Waals surface area contributed by atoms with E-state index in [0.29, 0.717) is 0 Å². The first-order valence-corrected chi connectivity index (χ1v) is 4.46. The lowest BCUT2D eigenvalue weighted by molar-refractivity contribution is 0.0887. The average Bonchev–Trinajstić information content (AvgIpc) is 2.47. The number of alkyl halides is 2. The van der Waals surface area contributed by atoms with Crippen molar-refractivity contribution >= 4 is 17.2 Å². The maximum atomic E-state index is 11.7. The van der Waals surface area contributed by atoms with Gasteiger partial charge in [-0.05, 0) is 6.92 Å². The molecule has 0 radical (unpaired) electrons. The van der Waals surface area contributed by atoms with E-state index in [1.54, 1.807) is 6.92 Å². The molecule has 0 bridgehead atoms. The Morgan fingerprint density at radius 2 is 2.46 bits per heavy atom. The van der Waals surface area contributed by atoms with Crippen LogP contribution in [0.15, 0.2) is 5.38 Å². The third-order valence-electron chi connectivity index (χ3n) is 1.27. The van der Waals surface area contributed by atoms with Crippen LogP contribution in [0, 0.1) is 6.92 Å². The van der Waals surface area contributed by atoms with Gasteiger partial charge in [0.2, 0.25) is 0 Å². The van der Waals surface area contributed by atoms with E-state index in [2.05, 4.69) is 10.3 Å². The van der Waals surface area contributed by atoms with Crippen LogP contribution in [-0.2, 0) is 0 Å². The number of amides is 1. The second-order valence-electron chi connectivity index (χ2n) is 2.35. The van der Waals surface area contributed by atoms with E-state index in [1.807, 2.05) is 0 Å². The molecule has 0 aliphatic carbocycles. The Hall–Kier alpha value is -1.04. The monoisotopic (exact) mass is 206 g/mol. The molecule has 1 aromatic rings. The molecule has 0 unspecified atom stereocenters. The van der Waals surface area contributed by atoms with Gasteiger partial charge in [0, 0.05) is 5.38 Å². The highest BCUT2D eigenvalue weighted by Crippen LogP contribution is 2.07. The minimum absolute atomic E-state index is 0.197. The summed E-state index contributed by atoms with van der Waals surface area (Å²) in [7, 11) is 0. The van der Waals surface area contributed by atoms with E-state index in [9.17, 15) is 13.6 Å². The number of thiazole rings is 1. The van der Waals surface area contributed by atoms with Crippen LogP contribution in [0.2, 0.25) is 0 Å². The number of aryl methyl sites for hydroxylation is 1. The molecule has 0 fully saturated rings. The second-order valence-corrected chi connectivity index (χ2v) is 3.42. The van der Waals surface area contributed by atoms with Gasteiger partial charge in [-0.1, -0.05) is 0 Å². The number of nitrogens with one attached hydrogen (secondary N) is 1. The van der Waals surface area contributed by atoms with Gasteiger partial charge in [-0.15, -0.1) is 11.3 Å². The van der Waals surface area contributed by atoms with Crippen LogP contribution < -0.4 is 5.32 Å². The van der Waals surface area contributed by atoms with Gasteiger partial charge >= 0.3 is 0 Å². The molecule has 0 aromatic carbocycles. The fourth-order valence-corrected chi connectivity index (χ4v) is 1.32. The van der Waals surface area contributed by atoms with Gasteiger partial charge < -0.3 is 5.32 Å². The van der Waals surface area contributed by atoms with Crippen LogP contribution in [0.5, 0.6) is 0 Å². The predicted octanol–water partition coefficient (Wildman–Crippen LogP) is 1.45. The van der Waals surface area contributed by atoms with Gasteiger partial charge in [0.15, 0.2) is 0 Å². The molecule has 0 aliphatic rings. The molecule has 0 saturated carbocycles. The van der Waals surface area contributed by atoms with Gasteiger partial charge in [0.25, 0.3) is 12.3 Å². The van der Waals surface area contributed by atoms with Crippen molar-refractivity contribution in [2.45, 2.75) is 13.3 Å². The number of carbonyl (C=O) groups is 1. The van der Waals surface area contributed by atoms with Crippen molar-refractivity contribution < 1.29 is 13.6 Å². The van der Waals surface area contributed by atoms with Gasteiger partial charge in [-0.2, -0.15) is 0 Å². The molecule has 3 nitrogen and oxygen atoms in total. The summed E-state index contributed by atoms with van der Waals surface area (Å²) in [5.41, 5.74) is 0.197. The van der Waals surface area contributed by atoms with Crippen LogP contribution in [0.3, 0.4) is 0 Å². The van der Waals surface area contributed by atoms with Crippen molar-refractivity contribution in [2.24, 2.45) is 0 Å². The van der Waals surface area contributed by atoms with Gasteiger partial charge in [0.1, 0.15) is 5.69 Å². The van der Waals surface area contributed by atoms with Crippen LogP contribution in [0.25, 0.3) is 0 Å². The maximum Gasteiger partial charge on any atom is 0.270 e. The Morgan fingerprint density at radius 1 is 1.77 bits per heavy atom. The molecule has 1 amide bonds. The van der Waals surface area contributed by atoms with E-state index < -0.39 is 18.9 Å². The third kappa shape index (κ3) is 3.06. The first kappa shape index (κ1) is 10.0. The minimum Gasteiger partial charge on any atom is -0.345 e. The fraction of sp³-hybridized carbons (Fsp3) is 0.429. The highest BCUT2D eigenvalue weighted by atomic mass is 32.1. The lowest BCUT2D eigenvalue weighted by Gasteiger charge is -2.00. The molecule has 0 aliphatic heterocycles. The first-order chi connectivity index (χ1) is 6.09. The van der Waals surface area contributed by atoms with Gasteiger partial charge in [-0.3, -0.25) is 4.79 Å². The number of aromatic nitrogens is 1. The lowest BCUT2D eigenvalue weighted by atomic mass is 10.4. The van der Waals surface area contributed by atoms with Crippen LogP contribution in [-0.4, -0.2) is 23.9 Å². The zero-order chi connectivity index (χ0) is 9.84. The smallest absolute Gasteiger partial charge is 0.270 e. The molecule has 1 heterocycles. The van der Waals surface area contributed by atoms with Crippen molar-refractivity contribution in [1.29, 1.82) is 0 Å². The third-order valence-corrected chi connectivity index (χ3v) is 2.04. The molecule has 0 atom stereocenters. The normalized spacial score (nSPS) is 10.5. The molecule has 0 spiro atoms. The summed E-state index contributed by atoms with van der Waals surface area (Å²) < 4.78 is 23.4. The molecule has 1 N–H and O–H groups in total. The van der Waals surface area contributed by atoms with Crippen molar-refractivity contribution in [2.75, 3.05) is 6.54 Å². The Morgan fingerprint density at radius 3 is 2.92 bits per heavy atom. The number of hydrogen-bond donors (Lipinski definition) is 1. The van der Waals surface area contributed by atoms with E-state index >= 15 is 0 Å². The molecule has 1 rings (SSSR count). The van der Waals surface area contributed by atoms with Gasteiger partial charge in [-0.25, -0.2) is 13.8 Å². The summed E-state index contributed by atoms with van der Waals surface area (Å²) in [5, 5.41) is 4.34. The zero-order valence-electron chi connectivity index (χ0n) is 6.88. The summed E-state index contributed by atoms with van der Waals surface area (Å²) in [6.45, 7) is 1.12. The zero-order valence-corrected chi connectivity index (χ0v) is 7.70. The quantitative estimate of drug-likeness (QED) is 0.813. The molecule has 13 heavy (non-hydrogen) atoms. The molecule has 0 saturated heterocycles. The van der Waals surface area contributed by atoms with Crippen molar-refractivity contribution in [3.8, 4) is 0 Å². The van der Waals surface area contributed by atoms with E-state index in [0.717, 1.165) is 5.01 Å². The van der Waals surface area contributed by atoms with Crippen LogP contribution in [0.1, 0.15) is 15.5 Å². The fourth-order valence-electron chi connectivity index (χ4n) is 0.728. The topological polar surface area (TPSA) is 42.0 Å². The summed E-state index contributed by atoms with van der Waals surface area (Å²) in [6.07, 6.45) is -2.52. The highest BCUT2D eigenvalue weighted by Gasteiger charge is 2.10. The van der Waals surface area contributed by atoms with E-state index in [4.69, 9.17) is 0 Å². The molecular weight excluding hydrogens is 198 g/mol. The Kier molecular flexibility index (Phi) is 3.30. The molecule has 72 valence electrons. The minimum atomic E-state index is -2.52. The predicted molar refractivity (Wildman–Crippen MR) is 45.2 cm³/mol. The summed E-state index contributed by atoms with van der Waals surface area (Å²) in [6, 6.07) is 0. The van der Waals surface area contributed by atoms with Crippen LogP contribution >= 0.6 is 11.3 Å². The highest BCUT2D eigenvalue weighted by molar-refractivity contribution is 7.09. The van der Waals surface area contributed by atoms with E-state index in [-0.39, 0.29) is 5.69 Å². The molecular formula is C7H8F2N2OS. The Balaban J connectivity index is 2.49. The number of nitrogens with zero attached hydrogens (tertiary/aromatic N) is 1. The van der Waals surface area contributed by atoms with Crippen molar-refractivity contribution in [1.82, 2.24) is 10.3 Å². The first-order valence-electron chi connectivity index (χ1n) is 3.58. The molecule has 6 heteroatoms. The Bertz CT molecular complexity index is 300.